The Morgan fingerprint density at radius 1 is 1.06 bits per heavy atom. The number of nitrogens with zero attached hydrogens (tertiary/aromatic N) is 2. The second kappa shape index (κ2) is 10.1. The molecule has 0 aliphatic heterocycles. The van der Waals surface area contributed by atoms with Crippen LogP contribution < -0.4 is 20.5 Å². The lowest BCUT2D eigenvalue weighted by Crippen LogP contribution is -2.25. The molecule has 0 aliphatic rings. The first-order chi connectivity index (χ1) is 16.0. The van der Waals surface area contributed by atoms with Gasteiger partial charge in [0, 0.05) is 11.4 Å². The van der Waals surface area contributed by atoms with Gasteiger partial charge in [-0.2, -0.15) is 4.98 Å². The minimum Gasteiger partial charge on any atom is -0.338 e. The molecular formula is C21H21FN6O4S2. The van der Waals surface area contributed by atoms with Crippen molar-refractivity contribution in [2.75, 3.05) is 17.2 Å². The van der Waals surface area contributed by atoms with Crippen LogP contribution in [0.3, 0.4) is 0 Å². The number of hydrogen-bond acceptors (Lipinski definition) is 8. The second-order valence-corrected chi connectivity index (χ2v) is 10.5. The lowest BCUT2D eigenvalue weighted by molar-refractivity contribution is 0.585. The first-order valence-corrected chi connectivity index (χ1v) is 12.9. The van der Waals surface area contributed by atoms with Gasteiger partial charge in [0.2, 0.25) is 26.0 Å². The number of benzene rings is 2. The van der Waals surface area contributed by atoms with Gasteiger partial charge in [0.15, 0.2) is 11.6 Å². The summed E-state index contributed by atoms with van der Waals surface area (Å²) in [6, 6.07) is 10.8. The zero-order valence-electron chi connectivity index (χ0n) is 17.9. The number of sulfonamides is 2. The summed E-state index contributed by atoms with van der Waals surface area (Å²) in [6.07, 6.45) is 6.01. The predicted molar refractivity (Wildman–Crippen MR) is 127 cm³/mol. The zero-order valence-corrected chi connectivity index (χ0v) is 19.5. The molecule has 3 aromatic rings. The Bertz CT molecular complexity index is 1450. The van der Waals surface area contributed by atoms with Crippen LogP contribution in [-0.2, 0) is 25.8 Å². The van der Waals surface area contributed by atoms with Crippen molar-refractivity contribution in [1.29, 1.82) is 0 Å². The van der Waals surface area contributed by atoms with Crippen molar-refractivity contribution < 1.29 is 21.2 Å². The molecule has 0 spiro atoms. The Morgan fingerprint density at radius 2 is 1.74 bits per heavy atom. The zero-order chi connectivity index (χ0) is 24.9. The van der Waals surface area contributed by atoms with Crippen molar-refractivity contribution in [2.24, 2.45) is 5.14 Å². The van der Waals surface area contributed by atoms with Gasteiger partial charge >= 0.3 is 0 Å². The third-order valence-corrected chi connectivity index (χ3v) is 6.81. The van der Waals surface area contributed by atoms with Crippen LogP contribution in [0.5, 0.6) is 0 Å². The first kappa shape index (κ1) is 25.1. The minimum absolute atomic E-state index is 0.00965. The molecule has 13 heteroatoms. The van der Waals surface area contributed by atoms with Crippen LogP contribution in [0.25, 0.3) is 0 Å². The Kier molecular flexibility index (Phi) is 7.48. The van der Waals surface area contributed by atoms with Crippen molar-refractivity contribution in [1.82, 2.24) is 14.7 Å². The molecule has 5 N–H and O–H groups in total. The third-order valence-electron chi connectivity index (χ3n) is 4.46. The number of anilines is 4. The molecule has 0 saturated carbocycles. The molecule has 0 aliphatic carbocycles. The summed E-state index contributed by atoms with van der Waals surface area (Å²) in [7, 11) is -7.50. The molecule has 10 nitrogen and oxygen atoms in total. The number of nitrogens with one attached hydrogen (secondary N) is 3. The predicted octanol–water partition coefficient (Wildman–Crippen LogP) is 2.11. The molecule has 1 aromatic heterocycles. The second-order valence-electron chi connectivity index (χ2n) is 7.15. The fraction of sp³-hybridized carbons (Fsp3) is 0.143. The monoisotopic (exact) mass is 504 g/mol. The Labute approximate surface area is 196 Å². The first-order valence-electron chi connectivity index (χ1n) is 9.66. The highest BCUT2D eigenvalue weighted by atomic mass is 32.2. The summed E-state index contributed by atoms with van der Waals surface area (Å²) in [5.41, 5.74) is 1.77. The number of aryl methyl sites for hydroxylation is 1. The molecule has 3 rings (SSSR count). The van der Waals surface area contributed by atoms with E-state index in [0.29, 0.717) is 22.5 Å². The SMILES string of the molecule is C#CCNS(=O)(=O)Cc1ccc(Nc2nc(Nc3ccc(C)c(S(N)(=O)=O)c3)ncc2F)cc1. The number of halogens is 1. The van der Waals surface area contributed by atoms with E-state index in [1.54, 1.807) is 43.3 Å². The van der Waals surface area contributed by atoms with E-state index in [0.717, 1.165) is 6.20 Å². The van der Waals surface area contributed by atoms with Gasteiger partial charge in [-0.1, -0.05) is 24.1 Å². The van der Waals surface area contributed by atoms with Crippen LogP contribution in [0.15, 0.2) is 53.6 Å². The van der Waals surface area contributed by atoms with Gasteiger partial charge in [-0.3, -0.25) is 0 Å². The van der Waals surface area contributed by atoms with Gasteiger partial charge in [-0.25, -0.2) is 36.1 Å². The third kappa shape index (κ3) is 6.72. The highest BCUT2D eigenvalue weighted by Gasteiger charge is 2.14. The van der Waals surface area contributed by atoms with Gasteiger partial charge in [0.05, 0.1) is 23.4 Å². The largest absolute Gasteiger partial charge is 0.338 e. The van der Waals surface area contributed by atoms with E-state index in [4.69, 9.17) is 11.6 Å². The van der Waals surface area contributed by atoms with Crippen LogP contribution in [-0.4, -0.2) is 33.3 Å². The maximum atomic E-state index is 14.3. The van der Waals surface area contributed by atoms with E-state index < -0.39 is 25.9 Å². The van der Waals surface area contributed by atoms with Crippen molar-refractivity contribution in [3.05, 3.63) is 65.6 Å². The Hall–Kier alpha value is -3.57. The van der Waals surface area contributed by atoms with E-state index in [-0.39, 0.29) is 29.0 Å². The molecule has 1 heterocycles. The molecule has 0 amide bonds. The normalized spacial score (nSPS) is 11.6. The molecule has 2 aromatic carbocycles. The topological polar surface area (TPSA) is 156 Å². The molecule has 0 fully saturated rings. The Balaban J connectivity index is 1.76. The van der Waals surface area contributed by atoms with Crippen LogP contribution in [0.4, 0.5) is 27.5 Å². The van der Waals surface area contributed by atoms with E-state index in [9.17, 15) is 21.2 Å². The van der Waals surface area contributed by atoms with Crippen molar-refractivity contribution in [3.63, 3.8) is 0 Å². The van der Waals surface area contributed by atoms with E-state index in [1.807, 2.05) is 0 Å². The average molecular weight is 505 g/mol. The van der Waals surface area contributed by atoms with Gasteiger partial charge in [-0.15, -0.1) is 6.42 Å². The van der Waals surface area contributed by atoms with Crippen molar-refractivity contribution in [2.45, 2.75) is 17.6 Å². The number of primary sulfonamides is 1. The average Bonchev–Trinajstić information content (AvgIpc) is 2.76. The summed E-state index contributed by atoms with van der Waals surface area (Å²) in [6.45, 7) is 1.51. The van der Waals surface area contributed by atoms with Crippen molar-refractivity contribution in [3.8, 4) is 12.3 Å². The van der Waals surface area contributed by atoms with Gasteiger partial charge in [0.1, 0.15) is 0 Å². The maximum absolute atomic E-state index is 14.3. The standard InChI is InChI=1S/C21H21FN6O4S2/c1-3-10-25-33(29,30)13-15-5-8-16(9-6-15)26-20-18(22)12-24-21(28-20)27-17-7-4-14(2)19(11-17)34(23,31)32/h1,4-9,11-12,25H,10,13H2,2H3,(H2,23,31,32)(H2,24,26,27,28). The van der Waals surface area contributed by atoms with Crippen LogP contribution in [0.2, 0.25) is 0 Å². The van der Waals surface area contributed by atoms with Crippen LogP contribution >= 0.6 is 0 Å². The highest BCUT2D eigenvalue weighted by molar-refractivity contribution is 7.89. The summed E-state index contributed by atoms with van der Waals surface area (Å²) in [5.74, 6) is 1.07. The fourth-order valence-corrected chi connectivity index (χ4v) is 4.72. The maximum Gasteiger partial charge on any atom is 0.238 e. The molecule has 178 valence electrons. The molecule has 34 heavy (non-hydrogen) atoms. The van der Waals surface area contributed by atoms with E-state index in [1.165, 1.54) is 6.07 Å². The number of hydrogen-bond donors (Lipinski definition) is 4. The van der Waals surface area contributed by atoms with Gasteiger partial charge in [0.25, 0.3) is 0 Å². The molecule has 0 saturated heterocycles. The molecule has 0 unspecified atom stereocenters. The quantitative estimate of drug-likeness (QED) is 0.323. The summed E-state index contributed by atoms with van der Waals surface area (Å²) in [5, 5.41) is 10.8. The number of terminal acetylenes is 1. The number of aromatic nitrogens is 2. The van der Waals surface area contributed by atoms with E-state index in [2.05, 4.69) is 31.2 Å². The summed E-state index contributed by atoms with van der Waals surface area (Å²) >= 11 is 0. The van der Waals surface area contributed by atoms with E-state index >= 15 is 0 Å². The lowest BCUT2D eigenvalue weighted by Gasteiger charge is -2.11. The highest BCUT2D eigenvalue weighted by Crippen LogP contribution is 2.23. The number of nitrogens with two attached hydrogens (primary N) is 1. The van der Waals surface area contributed by atoms with Crippen LogP contribution in [0, 0.1) is 25.1 Å². The van der Waals surface area contributed by atoms with Crippen LogP contribution in [0.1, 0.15) is 11.1 Å². The van der Waals surface area contributed by atoms with Gasteiger partial charge < -0.3 is 10.6 Å². The molecule has 0 bridgehead atoms. The number of rotatable bonds is 9. The Morgan fingerprint density at radius 3 is 2.38 bits per heavy atom. The fourth-order valence-electron chi connectivity index (χ4n) is 2.87. The molecule has 0 radical (unpaired) electrons. The minimum atomic E-state index is -3.93. The molecule has 0 atom stereocenters. The van der Waals surface area contributed by atoms with Crippen molar-refractivity contribution >= 4 is 43.2 Å². The summed E-state index contributed by atoms with van der Waals surface area (Å²) < 4.78 is 63.8. The lowest BCUT2D eigenvalue weighted by atomic mass is 10.2. The van der Waals surface area contributed by atoms with Gasteiger partial charge in [-0.05, 0) is 42.3 Å². The molecular weight excluding hydrogens is 483 g/mol. The smallest absolute Gasteiger partial charge is 0.238 e. The summed E-state index contributed by atoms with van der Waals surface area (Å²) in [4.78, 5) is 7.88.